The lowest BCUT2D eigenvalue weighted by Gasteiger charge is -2.29. The van der Waals surface area contributed by atoms with Crippen molar-refractivity contribution in [1.29, 1.82) is 0 Å². The van der Waals surface area contributed by atoms with Crippen LogP contribution < -0.4 is 0 Å². The quantitative estimate of drug-likeness (QED) is 0.849. The van der Waals surface area contributed by atoms with Gasteiger partial charge in [-0.1, -0.05) is 38.1 Å². The molecule has 2 saturated heterocycles. The second-order valence-corrected chi connectivity index (χ2v) is 6.47. The Bertz CT molecular complexity index is 506. The van der Waals surface area contributed by atoms with Crippen LogP contribution in [-0.4, -0.2) is 30.1 Å². The first-order valence-electron chi connectivity index (χ1n) is 8.19. The molecule has 0 saturated carbocycles. The predicted molar refractivity (Wildman–Crippen MR) is 83.2 cm³/mol. The van der Waals surface area contributed by atoms with Crippen LogP contribution in [0.3, 0.4) is 0 Å². The number of hydrogen-bond acceptors (Lipinski definition) is 2. The van der Waals surface area contributed by atoms with Crippen molar-refractivity contribution in [2.24, 2.45) is 0 Å². The summed E-state index contributed by atoms with van der Waals surface area (Å²) in [5, 5.41) is 0. The van der Waals surface area contributed by atoms with E-state index in [0.717, 1.165) is 38.8 Å². The van der Waals surface area contributed by atoms with E-state index in [1.54, 1.807) is 0 Å². The van der Waals surface area contributed by atoms with Crippen molar-refractivity contribution in [3.63, 3.8) is 0 Å². The highest BCUT2D eigenvalue weighted by molar-refractivity contribution is 5.82. The van der Waals surface area contributed by atoms with Crippen molar-refractivity contribution in [3.8, 4) is 0 Å². The number of carbonyl (C=O) groups excluding carboxylic acids is 1. The summed E-state index contributed by atoms with van der Waals surface area (Å²) in [6, 6.07) is 8.82. The van der Waals surface area contributed by atoms with E-state index in [0.29, 0.717) is 5.92 Å². The fourth-order valence-electron chi connectivity index (χ4n) is 3.65. The topological polar surface area (TPSA) is 29.5 Å². The second-order valence-electron chi connectivity index (χ2n) is 6.47. The number of likely N-dealkylation sites (tertiary alicyclic amines) is 1. The van der Waals surface area contributed by atoms with E-state index >= 15 is 0 Å². The molecule has 114 valence electrons. The van der Waals surface area contributed by atoms with Crippen LogP contribution in [0.25, 0.3) is 0 Å². The standard InChI is InChI=1S/C18H25NO2/c1-13(2)14-7-3-4-8-15(14)16-9-5-11-19(16)18(20)17-10-6-12-21-17/h3-4,7-8,13,16-17H,5-6,9-12H2,1-2H3/t16?,17-/m0/s1. The molecule has 1 aromatic carbocycles. The Kier molecular flexibility index (Phi) is 4.29. The van der Waals surface area contributed by atoms with Crippen LogP contribution in [0.2, 0.25) is 0 Å². The molecule has 3 rings (SSSR count). The fourth-order valence-corrected chi connectivity index (χ4v) is 3.65. The number of carbonyl (C=O) groups is 1. The molecule has 0 radical (unpaired) electrons. The minimum atomic E-state index is -0.197. The van der Waals surface area contributed by atoms with E-state index < -0.39 is 0 Å². The summed E-state index contributed by atoms with van der Waals surface area (Å²) in [7, 11) is 0. The minimum absolute atomic E-state index is 0.197. The zero-order valence-corrected chi connectivity index (χ0v) is 13.0. The monoisotopic (exact) mass is 287 g/mol. The van der Waals surface area contributed by atoms with Crippen LogP contribution in [0.4, 0.5) is 0 Å². The van der Waals surface area contributed by atoms with Crippen molar-refractivity contribution in [3.05, 3.63) is 35.4 Å². The summed E-state index contributed by atoms with van der Waals surface area (Å²) in [6.07, 6.45) is 3.86. The van der Waals surface area contributed by atoms with Gasteiger partial charge in [0.2, 0.25) is 0 Å². The molecule has 2 heterocycles. The number of rotatable bonds is 3. The lowest BCUT2D eigenvalue weighted by atomic mass is 9.91. The van der Waals surface area contributed by atoms with Crippen LogP contribution in [0.5, 0.6) is 0 Å². The van der Waals surface area contributed by atoms with Crippen LogP contribution in [0, 0.1) is 0 Å². The van der Waals surface area contributed by atoms with Gasteiger partial charge in [0.05, 0.1) is 6.04 Å². The molecule has 3 nitrogen and oxygen atoms in total. The van der Waals surface area contributed by atoms with Gasteiger partial charge in [-0.05, 0) is 42.7 Å². The van der Waals surface area contributed by atoms with Gasteiger partial charge in [0, 0.05) is 13.2 Å². The average molecular weight is 287 g/mol. The van der Waals surface area contributed by atoms with Gasteiger partial charge in [-0.25, -0.2) is 0 Å². The van der Waals surface area contributed by atoms with Gasteiger partial charge < -0.3 is 9.64 Å². The normalized spacial score (nSPS) is 25.8. The predicted octanol–water partition coefficient (Wildman–Crippen LogP) is 3.65. The van der Waals surface area contributed by atoms with Gasteiger partial charge in [0.15, 0.2) is 0 Å². The maximum atomic E-state index is 12.7. The Morgan fingerprint density at radius 3 is 2.76 bits per heavy atom. The fraction of sp³-hybridized carbons (Fsp3) is 0.611. The van der Waals surface area contributed by atoms with E-state index in [9.17, 15) is 4.79 Å². The summed E-state index contributed by atoms with van der Waals surface area (Å²) in [5.41, 5.74) is 2.70. The molecule has 1 amide bonds. The van der Waals surface area contributed by atoms with Crippen molar-refractivity contribution < 1.29 is 9.53 Å². The molecule has 2 aliphatic rings. The van der Waals surface area contributed by atoms with Crippen molar-refractivity contribution in [2.75, 3.05) is 13.2 Å². The van der Waals surface area contributed by atoms with Crippen molar-refractivity contribution >= 4 is 5.91 Å². The molecule has 1 aromatic rings. The summed E-state index contributed by atoms with van der Waals surface area (Å²) in [6.45, 7) is 6.05. The van der Waals surface area contributed by atoms with Gasteiger partial charge in [-0.3, -0.25) is 4.79 Å². The Hall–Kier alpha value is -1.35. The van der Waals surface area contributed by atoms with Crippen LogP contribution >= 0.6 is 0 Å². The first-order chi connectivity index (χ1) is 10.2. The molecular weight excluding hydrogens is 262 g/mol. The highest BCUT2D eigenvalue weighted by atomic mass is 16.5. The molecule has 0 aromatic heterocycles. The van der Waals surface area contributed by atoms with Crippen LogP contribution in [-0.2, 0) is 9.53 Å². The summed E-state index contributed by atoms with van der Waals surface area (Å²) in [5.74, 6) is 0.690. The average Bonchev–Trinajstić information content (AvgIpc) is 3.18. The third kappa shape index (κ3) is 2.84. The first-order valence-corrected chi connectivity index (χ1v) is 8.19. The second kappa shape index (κ2) is 6.18. The molecule has 0 bridgehead atoms. The molecule has 0 aliphatic carbocycles. The zero-order valence-electron chi connectivity index (χ0n) is 13.0. The molecule has 2 atom stereocenters. The zero-order chi connectivity index (χ0) is 14.8. The van der Waals surface area contributed by atoms with Gasteiger partial charge in [0.1, 0.15) is 6.10 Å². The third-order valence-electron chi connectivity index (χ3n) is 4.72. The lowest BCUT2D eigenvalue weighted by molar-refractivity contribution is -0.141. The Morgan fingerprint density at radius 1 is 1.24 bits per heavy atom. The molecule has 0 spiro atoms. The number of nitrogens with zero attached hydrogens (tertiary/aromatic N) is 1. The van der Waals surface area contributed by atoms with E-state index in [-0.39, 0.29) is 18.1 Å². The van der Waals surface area contributed by atoms with Crippen LogP contribution in [0.1, 0.15) is 62.6 Å². The van der Waals surface area contributed by atoms with Gasteiger partial charge in [0.25, 0.3) is 5.91 Å². The van der Waals surface area contributed by atoms with Crippen molar-refractivity contribution in [2.45, 2.75) is 57.6 Å². The number of ether oxygens (including phenoxy) is 1. The van der Waals surface area contributed by atoms with Gasteiger partial charge in [-0.15, -0.1) is 0 Å². The molecule has 2 aliphatic heterocycles. The molecule has 0 N–H and O–H groups in total. The molecule has 2 fully saturated rings. The lowest BCUT2D eigenvalue weighted by Crippen LogP contribution is -2.38. The molecule has 1 unspecified atom stereocenters. The van der Waals surface area contributed by atoms with Crippen LogP contribution in [0.15, 0.2) is 24.3 Å². The summed E-state index contributed by atoms with van der Waals surface area (Å²) >= 11 is 0. The minimum Gasteiger partial charge on any atom is -0.368 e. The van der Waals surface area contributed by atoms with E-state index in [1.165, 1.54) is 11.1 Å². The Balaban J connectivity index is 1.85. The number of benzene rings is 1. The smallest absolute Gasteiger partial charge is 0.252 e. The Labute approximate surface area is 127 Å². The maximum Gasteiger partial charge on any atom is 0.252 e. The highest BCUT2D eigenvalue weighted by Gasteiger charge is 2.36. The van der Waals surface area contributed by atoms with E-state index in [1.807, 2.05) is 0 Å². The summed E-state index contributed by atoms with van der Waals surface area (Å²) < 4.78 is 5.60. The largest absolute Gasteiger partial charge is 0.368 e. The number of hydrogen-bond donors (Lipinski definition) is 0. The molecular formula is C18H25NO2. The SMILES string of the molecule is CC(C)c1ccccc1C1CCCN1C(=O)[C@@H]1CCCO1. The van der Waals surface area contributed by atoms with E-state index in [2.05, 4.69) is 43.0 Å². The number of amides is 1. The molecule has 3 heteroatoms. The first kappa shape index (κ1) is 14.6. The summed E-state index contributed by atoms with van der Waals surface area (Å²) in [4.78, 5) is 14.8. The van der Waals surface area contributed by atoms with Gasteiger partial charge >= 0.3 is 0 Å². The third-order valence-corrected chi connectivity index (χ3v) is 4.72. The van der Waals surface area contributed by atoms with E-state index in [4.69, 9.17) is 4.74 Å². The van der Waals surface area contributed by atoms with Gasteiger partial charge in [-0.2, -0.15) is 0 Å². The Morgan fingerprint density at radius 2 is 2.05 bits per heavy atom. The maximum absolute atomic E-state index is 12.7. The molecule has 21 heavy (non-hydrogen) atoms. The highest BCUT2D eigenvalue weighted by Crippen LogP contribution is 2.37. The van der Waals surface area contributed by atoms with Crippen molar-refractivity contribution in [1.82, 2.24) is 4.90 Å².